The first-order chi connectivity index (χ1) is 11.6. The summed E-state index contributed by atoms with van der Waals surface area (Å²) in [6.45, 7) is 5.55. The number of aliphatic imine (C=N–C) groups is 1. The zero-order valence-electron chi connectivity index (χ0n) is 13.9. The van der Waals surface area contributed by atoms with Gasteiger partial charge in [-0.3, -0.25) is 0 Å². The highest BCUT2D eigenvalue weighted by molar-refractivity contribution is 6.35. The van der Waals surface area contributed by atoms with Gasteiger partial charge in [0.25, 0.3) is 0 Å². The van der Waals surface area contributed by atoms with Crippen molar-refractivity contribution < 1.29 is 9.84 Å². The molecule has 1 aromatic carbocycles. The molecular formula is C17H25Cl2N3O2. The van der Waals surface area contributed by atoms with Gasteiger partial charge in [0.05, 0.1) is 13.2 Å². The van der Waals surface area contributed by atoms with E-state index in [2.05, 4.69) is 15.6 Å². The SMILES string of the molecule is CCNC(=NCc1ccc(Cl)cc1Cl)NCC1(CCO)CCOC1. The van der Waals surface area contributed by atoms with Crippen LogP contribution in [0.1, 0.15) is 25.3 Å². The average molecular weight is 374 g/mol. The number of aliphatic hydroxyl groups excluding tert-OH is 1. The summed E-state index contributed by atoms with van der Waals surface area (Å²) in [6.07, 6.45) is 1.67. The first-order valence-corrected chi connectivity index (χ1v) is 8.99. The predicted molar refractivity (Wildman–Crippen MR) is 98.9 cm³/mol. The van der Waals surface area contributed by atoms with Crippen LogP contribution in [0.5, 0.6) is 0 Å². The third kappa shape index (κ3) is 5.52. The van der Waals surface area contributed by atoms with E-state index in [1.54, 1.807) is 6.07 Å². The summed E-state index contributed by atoms with van der Waals surface area (Å²) in [5, 5.41) is 17.1. The maximum Gasteiger partial charge on any atom is 0.191 e. The minimum Gasteiger partial charge on any atom is -0.396 e. The van der Waals surface area contributed by atoms with E-state index >= 15 is 0 Å². The van der Waals surface area contributed by atoms with Gasteiger partial charge in [-0.1, -0.05) is 29.3 Å². The molecule has 1 aromatic rings. The highest BCUT2D eigenvalue weighted by atomic mass is 35.5. The van der Waals surface area contributed by atoms with Gasteiger partial charge in [-0.2, -0.15) is 0 Å². The molecule has 1 atom stereocenters. The maximum atomic E-state index is 9.31. The molecule has 1 saturated heterocycles. The summed E-state index contributed by atoms with van der Waals surface area (Å²) in [6, 6.07) is 5.42. The number of guanidine groups is 1. The van der Waals surface area contributed by atoms with Crippen molar-refractivity contribution in [1.82, 2.24) is 10.6 Å². The summed E-state index contributed by atoms with van der Waals surface area (Å²) in [5.41, 5.74) is 0.899. The van der Waals surface area contributed by atoms with E-state index in [4.69, 9.17) is 27.9 Å². The standard InChI is InChI=1S/C17H25Cl2N3O2/c1-2-20-16(21-10-13-3-4-14(18)9-15(13)19)22-11-17(5-7-23)6-8-24-12-17/h3-4,9,23H,2,5-8,10-12H2,1H3,(H2,20,21,22). The number of nitrogens with one attached hydrogen (secondary N) is 2. The van der Waals surface area contributed by atoms with E-state index in [-0.39, 0.29) is 12.0 Å². The Bertz CT molecular complexity index is 561. The van der Waals surface area contributed by atoms with Crippen LogP contribution in [0.4, 0.5) is 0 Å². The minimum atomic E-state index is -0.0249. The van der Waals surface area contributed by atoms with Gasteiger partial charge in [0.15, 0.2) is 5.96 Å². The van der Waals surface area contributed by atoms with E-state index in [0.717, 1.165) is 37.5 Å². The lowest BCUT2D eigenvalue weighted by Gasteiger charge is -2.27. The van der Waals surface area contributed by atoms with Crippen LogP contribution >= 0.6 is 23.2 Å². The summed E-state index contributed by atoms with van der Waals surface area (Å²) in [4.78, 5) is 4.59. The third-order valence-electron chi connectivity index (χ3n) is 4.22. The molecule has 1 aliphatic rings. The summed E-state index contributed by atoms with van der Waals surface area (Å²) < 4.78 is 5.52. The van der Waals surface area contributed by atoms with Gasteiger partial charge in [-0.25, -0.2) is 4.99 Å². The largest absolute Gasteiger partial charge is 0.396 e. The molecule has 1 unspecified atom stereocenters. The van der Waals surface area contributed by atoms with Crippen molar-refractivity contribution in [2.45, 2.75) is 26.3 Å². The van der Waals surface area contributed by atoms with Gasteiger partial charge in [-0.05, 0) is 37.5 Å². The highest BCUT2D eigenvalue weighted by Crippen LogP contribution is 2.31. The fourth-order valence-electron chi connectivity index (χ4n) is 2.74. The molecule has 0 radical (unpaired) electrons. The Hall–Kier alpha value is -1.01. The first-order valence-electron chi connectivity index (χ1n) is 8.23. The van der Waals surface area contributed by atoms with E-state index in [1.807, 2.05) is 19.1 Å². The second-order valence-corrected chi connectivity index (χ2v) is 6.90. The monoisotopic (exact) mass is 373 g/mol. The Morgan fingerprint density at radius 1 is 1.38 bits per heavy atom. The van der Waals surface area contributed by atoms with Gasteiger partial charge < -0.3 is 20.5 Å². The highest BCUT2D eigenvalue weighted by Gasteiger charge is 2.34. The molecule has 0 saturated carbocycles. The van der Waals surface area contributed by atoms with Gasteiger partial charge in [0.1, 0.15) is 0 Å². The Morgan fingerprint density at radius 2 is 2.21 bits per heavy atom. The molecule has 0 spiro atoms. The number of halogens is 2. The molecule has 1 fully saturated rings. The van der Waals surface area contributed by atoms with Crippen LogP contribution in [-0.4, -0.2) is 44.0 Å². The Morgan fingerprint density at radius 3 is 2.83 bits per heavy atom. The molecule has 0 bridgehead atoms. The average Bonchev–Trinajstić information content (AvgIpc) is 3.01. The number of rotatable bonds is 7. The lowest BCUT2D eigenvalue weighted by molar-refractivity contribution is 0.127. The Balaban J connectivity index is 1.99. The number of ether oxygens (including phenoxy) is 1. The molecule has 1 heterocycles. The second-order valence-electron chi connectivity index (χ2n) is 6.06. The number of aliphatic hydroxyl groups is 1. The summed E-state index contributed by atoms with van der Waals surface area (Å²) in [7, 11) is 0. The van der Waals surface area contributed by atoms with Gasteiger partial charge in [-0.15, -0.1) is 0 Å². The van der Waals surface area contributed by atoms with E-state index < -0.39 is 0 Å². The van der Waals surface area contributed by atoms with E-state index in [0.29, 0.717) is 29.7 Å². The molecule has 7 heteroatoms. The van der Waals surface area contributed by atoms with Crippen LogP contribution in [0, 0.1) is 5.41 Å². The molecule has 1 aliphatic heterocycles. The van der Waals surface area contributed by atoms with Crippen molar-refractivity contribution in [3.63, 3.8) is 0 Å². The molecule has 134 valence electrons. The van der Waals surface area contributed by atoms with Crippen LogP contribution in [0.15, 0.2) is 23.2 Å². The molecule has 0 aliphatic carbocycles. The fraction of sp³-hybridized carbons (Fsp3) is 0.588. The Labute approximate surface area is 153 Å². The smallest absolute Gasteiger partial charge is 0.191 e. The van der Waals surface area contributed by atoms with Crippen molar-refractivity contribution in [2.24, 2.45) is 10.4 Å². The van der Waals surface area contributed by atoms with Gasteiger partial charge >= 0.3 is 0 Å². The van der Waals surface area contributed by atoms with Crippen LogP contribution in [-0.2, 0) is 11.3 Å². The maximum absolute atomic E-state index is 9.31. The molecule has 0 aromatic heterocycles. The molecule has 0 amide bonds. The van der Waals surface area contributed by atoms with Crippen LogP contribution in [0.25, 0.3) is 0 Å². The van der Waals surface area contributed by atoms with Crippen molar-refractivity contribution >= 4 is 29.2 Å². The first kappa shape index (κ1) is 19.3. The Kier molecular flexibility index (Phi) is 7.62. The topological polar surface area (TPSA) is 65.9 Å². The zero-order valence-corrected chi connectivity index (χ0v) is 15.5. The van der Waals surface area contributed by atoms with Gasteiger partial charge in [0, 0.05) is 41.8 Å². The molecule has 24 heavy (non-hydrogen) atoms. The van der Waals surface area contributed by atoms with E-state index in [9.17, 15) is 5.11 Å². The molecular weight excluding hydrogens is 349 g/mol. The number of hydrogen-bond donors (Lipinski definition) is 3. The number of nitrogens with zero attached hydrogens (tertiary/aromatic N) is 1. The molecule has 3 N–H and O–H groups in total. The normalized spacial score (nSPS) is 21.1. The predicted octanol–water partition coefficient (Wildman–Crippen LogP) is 2.84. The summed E-state index contributed by atoms with van der Waals surface area (Å²) >= 11 is 12.1. The summed E-state index contributed by atoms with van der Waals surface area (Å²) in [5.74, 6) is 0.729. The lowest BCUT2D eigenvalue weighted by Crippen LogP contribution is -2.44. The number of benzene rings is 1. The number of hydrogen-bond acceptors (Lipinski definition) is 3. The zero-order chi connectivity index (χ0) is 17.4. The van der Waals surface area contributed by atoms with Crippen molar-refractivity contribution in [3.05, 3.63) is 33.8 Å². The van der Waals surface area contributed by atoms with Gasteiger partial charge in [0.2, 0.25) is 0 Å². The van der Waals surface area contributed by atoms with Crippen molar-refractivity contribution in [1.29, 1.82) is 0 Å². The van der Waals surface area contributed by atoms with Crippen LogP contribution < -0.4 is 10.6 Å². The van der Waals surface area contributed by atoms with Crippen molar-refractivity contribution in [2.75, 3.05) is 32.9 Å². The molecule has 2 rings (SSSR count). The second kappa shape index (κ2) is 9.47. The molecule has 5 nitrogen and oxygen atoms in total. The van der Waals surface area contributed by atoms with E-state index in [1.165, 1.54) is 0 Å². The quantitative estimate of drug-likeness (QED) is 0.507. The fourth-order valence-corrected chi connectivity index (χ4v) is 3.21. The third-order valence-corrected chi connectivity index (χ3v) is 4.81. The van der Waals surface area contributed by atoms with Crippen LogP contribution in [0.2, 0.25) is 10.0 Å². The lowest BCUT2D eigenvalue weighted by atomic mass is 9.84. The van der Waals surface area contributed by atoms with Crippen LogP contribution in [0.3, 0.4) is 0 Å². The van der Waals surface area contributed by atoms with Crippen molar-refractivity contribution in [3.8, 4) is 0 Å². The minimum absolute atomic E-state index is 0.0249.